The number of amides is 1. The van der Waals surface area contributed by atoms with Crippen molar-refractivity contribution in [1.82, 2.24) is 4.72 Å². The topological polar surface area (TPSA) is 81.7 Å². The van der Waals surface area contributed by atoms with Crippen molar-refractivity contribution in [2.45, 2.75) is 17.2 Å². The molecular formula is C18H16FNO5S. The summed E-state index contributed by atoms with van der Waals surface area (Å²) in [7, 11) is -4.02. The molecule has 8 heteroatoms. The Morgan fingerprint density at radius 1 is 1.08 bits per heavy atom. The molecule has 4 rings (SSSR count). The van der Waals surface area contributed by atoms with Crippen molar-refractivity contribution < 1.29 is 27.1 Å². The van der Waals surface area contributed by atoms with E-state index in [0.717, 1.165) is 0 Å². The fourth-order valence-electron chi connectivity index (χ4n) is 3.05. The van der Waals surface area contributed by atoms with Crippen LogP contribution in [0.3, 0.4) is 0 Å². The van der Waals surface area contributed by atoms with Gasteiger partial charge in [0, 0.05) is 12.0 Å². The molecule has 1 heterocycles. The van der Waals surface area contributed by atoms with Crippen LogP contribution in [0.25, 0.3) is 0 Å². The van der Waals surface area contributed by atoms with Gasteiger partial charge in [-0.3, -0.25) is 4.79 Å². The maximum absolute atomic E-state index is 13.3. The van der Waals surface area contributed by atoms with Gasteiger partial charge in [0.25, 0.3) is 10.0 Å². The van der Waals surface area contributed by atoms with Gasteiger partial charge in [0.1, 0.15) is 19.0 Å². The summed E-state index contributed by atoms with van der Waals surface area (Å²) in [5, 5.41) is 0. The lowest BCUT2D eigenvalue weighted by molar-refractivity contribution is -0.120. The van der Waals surface area contributed by atoms with Crippen LogP contribution in [0.15, 0.2) is 47.4 Å². The quantitative estimate of drug-likeness (QED) is 0.883. The second kappa shape index (κ2) is 6.28. The highest BCUT2D eigenvalue weighted by atomic mass is 32.2. The van der Waals surface area contributed by atoms with Gasteiger partial charge in [0.2, 0.25) is 5.91 Å². The van der Waals surface area contributed by atoms with Crippen molar-refractivity contribution in [2.75, 3.05) is 13.2 Å². The third-order valence-corrected chi connectivity index (χ3v) is 5.81. The third kappa shape index (κ3) is 3.24. The number of rotatable bonds is 4. The summed E-state index contributed by atoms with van der Waals surface area (Å²) in [4.78, 5) is 12.2. The fraction of sp³-hybridized carbons (Fsp3) is 0.278. The van der Waals surface area contributed by atoms with Crippen LogP contribution in [-0.2, 0) is 14.8 Å². The SMILES string of the molecule is O=C(NS(=O)(=O)c1ccc2c(c1)OCCO2)[C@@H]1C[C@@H]1c1cccc(F)c1. The average Bonchev–Trinajstić information content (AvgIpc) is 3.42. The third-order valence-electron chi connectivity index (χ3n) is 4.46. The van der Waals surface area contributed by atoms with Gasteiger partial charge in [-0.2, -0.15) is 0 Å². The fourth-order valence-corrected chi connectivity index (χ4v) is 4.09. The lowest BCUT2D eigenvalue weighted by Crippen LogP contribution is -2.32. The van der Waals surface area contributed by atoms with E-state index >= 15 is 0 Å². The Morgan fingerprint density at radius 3 is 2.62 bits per heavy atom. The summed E-state index contributed by atoms with van der Waals surface area (Å²) in [5.74, 6) is -0.818. The molecule has 0 unspecified atom stereocenters. The highest BCUT2D eigenvalue weighted by molar-refractivity contribution is 7.90. The van der Waals surface area contributed by atoms with E-state index < -0.39 is 21.8 Å². The number of halogens is 1. The number of sulfonamides is 1. The van der Waals surface area contributed by atoms with Gasteiger partial charge in [-0.1, -0.05) is 12.1 Å². The predicted octanol–water partition coefficient (Wildman–Crippen LogP) is 2.21. The number of hydrogen-bond acceptors (Lipinski definition) is 5. The van der Waals surface area contributed by atoms with Crippen LogP contribution in [0.2, 0.25) is 0 Å². The molecule has 2 atom stereocenters. The molecule has 0 spiro atoms. The molecular weight excluding hydrogens is 361 g/mol. The van der Waals surface area contributed by atoms with Crippen LogP contribution >= 0.6 is 0 Å². The molecule has 1 aliphatic carbocycles. The molecule has 2 aromatic carbocycles. The zero-order valence-corrected chi connectivity index (χ0v) is 14.5. The number of benzene rings is 2. The van der Waals surface area contributed by atoms with E-state index in [-0.39, 0.29) is 16.6 Å². The first kappa shape index (κ1) is 16.8. The van der Waals surface area contributed by atoms with Crippen LogP contribution in [0.4, 0.5) is 4.39 Å². The Bertz CT molecular complexity index is 975. The Morgan fingerprint density at radius 2 is 1.85 bits per heavy atom. The first-order valence-electron chi connectivity index (χ1n) is 8.16. The molecule has 2 aliphatic rings. The minimum absolute atomic E-state index is 0.0712. The van der Waals surface area contributed by atoms with Gasteiger partial charge < -0.3 is 9.47 Å². The van der Waals surface area contributed by atoms with Gasteiger partial charge in [-0.05, 0) is 42.2 Å². The van der Waals surface area contributed by atoms with Gasteiger partial charge in [-0.25, -0.2) is 17.5 Å². The van der Waals surface area contributed by atoms with Gasteiger partial charge in [0.05, 0.1) is 4.90 Å². The number of nitrogens with one attached hydrogen (secondary N) is 1. The number of carbonyl (C=O) groups is 1. The van der Waals surface area contributed by atoms with Gasteiger partial charge in [-0.15, -0.1) is 0 Å². The lowest BCUT2D eigenvalue weighted by Gasteiger charge is -2.18. The highest BCUT2D eigenvalue weighted by Gasteiger charge is 2.45. The largest absolute Gasteiger partial charge is 0.486 e. The minimum Gasteiger partial charge on any atom is -0.486 e. The maximum Gasteiger partial charge on any atom is 0.264 e. The smallest absolute Gasteiger partial charge is 0.264 e. The molecule has 1 amide bonds. The summed E-state index contributed by atoms with van der Waals surface area (Å²) < 4.78 is 51.1. The maximum atomic E-state index is 13.3. The van der Waals surface area contributed by atoms with Gasteiger partial charge >= 0.3 is 0 Å². The molecule has 6 nitrogen and oxygen atoms in total. The molecule has 2 aromatic rings. The Kier molecular flexibility index (Phi) is 4.07. The van der Waals surface area contributed by atoms with E-state index in [4.69, 9.17) is 9.47 Å². The van der Waals surface area contributed by atoms with Crippen LogP contribution in [0.5, 0.6) is 11.5 Å². The van der Waals surface area contributed by atoms with Crippen LogP contribution in [0.1, 0.15) is 17.9 Å². The number of carbonyl (C=O) groups excluding carboxylic acids is 1. The van der Waals surface area contributed by atoms with Crippen molar-refractivity contribution in [2.24, 2.45) is 5.92 Å². The second-order valence-corrected chi connectivity index (χ2v) is 7.96. The van der Waals surface area contributed by atoms with Crippen LogP contribution in [-0.4, -0.2) is 27.5 Å². The van der Waals surface area contributed by atoms with Gasteiger partial charge in [0.15, 0.2) is 11.5 Å². The minimum atomic E-state index is -4.02. The Labute approximate surface area is 150 Å². The molecule has 1 saturated carbocycles. The highest BCUT2D eigenvalue weighted by Crippen LogP contribution is 2.47. The first-order chi connectivity index (χ1) is 12.4. The zero-order valence-electron chi connectivity index (χ0n) is 13.6. The van der Waals surface area contributed by atoms with Crippen molar-refractivity contribution in [3.05, 3.63) is 53.8 Å². The Balaban J connectivity index is 1.47. The average molecular weight is 377 g/mol. The molecule has 1 N–H and O–H groups in total. The van der Waals surface area contributed by atoms with E-state index in [2.05, 4.69) is 4.72 Å². The second-order valence-electron chi connectivity index (χ2n) is 6.28. The molecule has 0 saturated heterocycles. The predicted molar refractivity (Wildman–Crippen MR) is 90.0 cm³/mol. The molecule has 136 valence electrons. The zero-order chi connectivity index (χ0) is 18.3. The number of ether oxygens (including phenoxy) is 2. The van der Waals surface area contributed by atoms with Crippen molar-refractivity contribution in [3.63, 3.8) is 0 Å². The van der Waals surface area contributed by atoms with E-state index in [1.165, 1.54) is 30.3 Å². The van der Waals surface area contributed by atoms with Crippen molar-refractivity contribution in [1.29, 1.82) is 0 Å². The van der Waals surface area contributed by atoms with E-state index in [1.807, 2.05) is 0 Å². The summed E-state index contributed by atoms with van der Waals surface area (Å²) in [5.41, 5.74) is 0.696. The number of fused-ring (bicyclic) bond motifs is 1. The van der Waals surface area contributed by atoms with Crippen molar-refractivity contribution >= 4 is 15.9 Å². The summed E-state index contributed by atoms with van der Waals surface area (Å²) in [6.45, 7) is 0.735. The van der Waals surface area contributed by atoms with Crippen LogP contribution in [0, 0.1) is 11.7 Å². The Hall–Kier alpha value is -2.61. The van der Waals surface area contributed by atoms with Crippen molar-refractivity contribution in [3.8, 4) is 11.5 Å². The summed E-state index contributed by atoms with van der Waals surface area (Å²) in [6.07, 6.45) is 0.492. The van der Waals surface area contributed by atoms with E-state index in [1.54, 1.807) is 12.1 Å². The normalized spacial score (nSPS) is 21.1. The monoisotopic (exact) mass is 377 g/mol. The molecule has 1 fully saturated rings. The molecule has 0 radical (unpaired) electrons. The van der Waals surface area contributed by atoms with E-state index in [9.17, 15) is 17.6 Å². The van der Waals surface area contributed by atoms with Crippen LogP contribution < -0.4 is 14.2 Å². The molecule has 0 bridgehead atoms. The standard InChI is InChI=1S/C18H16FNO5S/c19-12-3-1-2-11(8-12)14-10-15(14)18(21)20-26(22,23)13-4-5-16-17(9-13)25-7-6-24-16/h1-5,8-9,14-15H,6-7,10H2,(H,20,21)/t14-,15-/m1/s1. The molecule has 1 aliphatic heterocycles. The lowest BCUT2D eigenvalue weighted by atomic mass is 10.1. The first-order valence-corrected chi connectivity index (χ1v) is 9.64. The number of hydrogen-bond donors (Lipinski definition) is 1. The van der Waals surface area contributed by atoms with E-state index in [0.29, 0.717) is 36.7 Å². The summed E-state index contributed by atoms with van der Waals surface area (Å²) >= 11 is 0. The molecule has 0 aromatic heterocycles. The molecule has 26 heavy (non-hydrogen) atoms. The summed E-state index contributed by atoms with van der Waals surface area (Å²) in [6, 6.07) is 10.2.